The summed E-state index contributed by atoms with van der Waals surface area (Å²) < 4.78 is 10.6. The molecule has 0 aliphatic heterocycles. The van der Waals surface area contributed by atoms with Crippen molar-refractivity contribution >= 4 is 11.6 Å². The first-order valence-electron chi connectivity index (χ1n) is 7.78. The summed E-state index contributed by atoms with van der Waals surface area (Å²) in [5.41, 5.74) is 1.06. The highest BCUT2D eigenvalue weighted by atomic mass is 35.5. The third kappa shape index (κ3) is 4.27. The lowest BCUT2D eigenvalue weighted by Crippen LogP contribution is -2.28. The van der Waals surface area contributed by atoms with Gasteiger partial charge in [0.2, 0.25) is 0 Å². The molecule has 0 aromatic heterocycles. The Kier molecular flexibility index (Phi) is 6.19. The molecule has 0 saturated heterocycles. The minimum absolute atomic E-state index is 0.596. The number of rotatable bonds is 5. The molecule has 0 amide bonds. The molecule has 4 heteroatoms. The maximum Gasteiger partial charge on any atom is 0.179 e. The van der Waals surface area contributed by atoms with E-state index in [1.54, 1.807) is 14.2 Å². The van der Waals surface area contributed by atoms with Gasteiger partial charge in [-0.1, -0.05) is 37.4 Å². The molecule has 0 bridgehead atoms. The fourth-order valence-electron chi connectivity index (χ4n) is 3.01. The Morgan fingerprint density at radius 2 is 1.95 bits per heavy atom. The van der Waals surface area contributed by atoms with E-state index in [0.717, 1.165) is 18.0 Å². The van der Waals surface area contributed by atoms with Crippen LogP contribution >= 0.6 is 11.6 Å². The minimum atomic E-state index is 0.596. The van der Waals surface area contributed by atoms with Gasteiger partial charge in [0, 0.05) is 12.6 Å². The van der Waals surface area contributed by atoms with E-state index in [9.17, 15) is 0 Å². The van der Waals surface area contributed by atoms with Crippen LogP contribution in [0.5, 0.6) is 11.5 Å². The lowest BCUT2D eigenvalue weighted by Gasteiger charge is -2.18. The van der Waals surface area contributed by atoms with Gasteiger partial charge in [0.05, 0.1) is 19.2 Å². The van der Waals surface area contributed by atoms with E-state index in [1.807, 2.05) is 12.1 Å². The van der Waals surface area contributed by atoms with Crippen molar-refractivity contribution in [2.75, 3.05) is 14.2 Å². The topological polar surface area (TPSA) is 30.5 Å². The summed E-state index contributed by atoms with van der Waals surface area (Å²) in [7, 11) is 3.24. The highest BCUT2D eigenvalue weighted by Crippen LogP contribution is 2.37. The lowest BCUT2D eigenvalue weighted by molar-refractivity contribution is 0.354. The molecule has 1 aromatic rings. The third-order valence-electron chi connectivity index (χ3n) is 4.40. The van der Waals surface area contributed by atoms with Crippen molar-refractivity contribution in [1.82, 2.24) is 5.32 Å². The van der Waals surface area contributed by atoms with Crippen LogP contribution in [0, 0.1) is 5.92 Å². The average Bonchev–Trinajstić information content (AvgIpc) is 2.70. The lowest BCUT2D eigenvalue weighted by atomic mass is 10.0. The number of nitrogens with one attached hydrogen (secondary N) is 1. The van der Waals surface area contributed by atoms with Gasteiger partial charge in [0.15, 0.2) is 11.5 Å². The molecule has 3 nitrogen and oxygen atoms in total. The fraction of sp³-hybridized carbons (Fsp3) is 0.647. The Morgan fingerprint density at radius 1 is 1.14 bits per heavy atom. The Bertz CT molecular complexity index is 464. The molecule has 2 unspecified atom stereocenters. The van der Waals surface area contributed by atoms with Crippen LogP contribution < -0.4 is 14.8 Å². The van der Waals surface area contributed by atoms with Crippen LogP contribution in [0.25, 0.3) is 0 Å². The van der Waals surface area contributed by atoms with Crippen LogP contribution in [0.1, 0.15) is 44.6 Å². The zero-order chi connectivity index (χ0) is 15.2. The summed E-state index contributed by atoms with van der Waals surface area (Å²) in [6.45, 7) is 3.13. The average molecular weight is 312 g/mol. The van der Waals surface area contributed by atoms with E-state index >= 15 is 0 Å². The second-order valence-corrected chi connectivity index (χ2v) is 6.34. The maximum absolute atomic E-state index is 6.42. The maximum atomic E-state index is 6.42. The van der Waals surface area contributed by atoms with Gasteiger partial charge in [-0.15, -0.1) is 0 Å². The Hall–Kier alpha value is -0.930. The van der Waals surface area contributed by atoms with Gasteiger partial charge >= 0.3 is 0 Å². The highest BCUT2D eigenvalue weighted by Gasteiger charge is 2.17. The predicted molar refractivity (Wildman–Crippen MR) is 87.4 cm³/mol. The van der Waals surface area contributed by atoms with Crippen LogP contribution in [-0.4, -0.2) is 20.3 Å². The fourth-order valence-corrected chi connectivity index (χ4v) is 3.31. The van der Waals surface area contributed by atoms with Gasteiger partial charge in [0.25, 0.3) is 0 Å². The number of hydrogen-bond acceptors (Lipinski definition) is 3. The van der Waals surface area contributed by atoms with Crippen LogP contribution in [0.3, 0.4) is 0 Å². The molecule has 0 heterocycles. The Morgan fingerprint density at radius 3 is 2.67 bits per heavy atom. The van der Waals surface area contributed by atoms with Crippen LogP contribution in [0.15, 0.2) is 12.1 Å². The van der Waals surface area contributed by atoms with E-state index in [1.165, 1.54) is 32.1 Å². The molecule has 118 valence electrons. The van der Waals surface area contributed by atoms with Crippen LogP contribution in [0.4, 0.5) is 0 Å². The first-order chi connectivity index (χ1) is 10.2. The summed E-state index contributed by atoms with van der Waals surface area (Å²) in [6, 6.07) is 4.52. The van der Waals surface area contributed by atoms with E-state index in [-0.39, 0.29) is 0 Å². The SMILES string of the molecule is COc1ccc(CNC2CCCC(C)CC2)c(Cl)c1OC. The Labute approximate surface area is 133 Å². The first kappa shape index (κ1) is 16.4. The molecule has 1 aliphatic carbocycles. The van der Waals surface area contributed by atoms with Gasteiger partial charge in [-0.3, -0.25) is 0 Å². The first-order valence-corrected chi connectivity index (χ1v) is 8.16. The van der Waals surface area contributed by atoms with Gasteiger partial charge in [0.1, 0.15) is 0 Å². The van der Waals surface area contributed by atoms with Crippen LogP contribution in [-0.2, 0) is 6.54 Å². The number of methoxy groups -OCH3 is 2. The summed E-state index contributed by atoms with van der Waals surface area (Å²) >= 11 is 6.42. The van der Waals surface area contributed by atoms with E-state index in [0.29, 0.717) is 22.6 Å². The molecule has 1 aliphatic rings. The number of halogens is 1. The summed E-state index contributed by atoms with van der Waals surface area (Å²) in [4.78, 5) is 0. The molecule has 1 fully saturated rings. The molecule has 2 rings (SSSR count). The van der Waals surface area contributed by atoms with Gasteiger partial charge < -0.3 is 14.8 Å². The van der Waals surface area contributed by atoms with Crippen molar-refractivity contribution in [3.8, 4) is 11.5 Å². The summed E-state index contributed by atoms with van der Waals surface area (Å²) in [5, 5.41) is 4.29. The standard InChI is InChI=1S/C17H26ClNO2/c1-12-5-4-6-14(9-7-12)19-11-13-8-10-15(20-2)17(21-3)16(13)18/h8,10,12,14,19H,4-7,9,11H2,1-3H3. The molecule has 1 aromatic carbocycles. The van der Waals surface area contributed by atoms with E-state index in [4.69, 9.17) is 21.1 Å². The second kappa shape index (κ2) is 7.90. The van der Waals surface area contributed by atoms with Crippen molar-refractivity contribution in [2.24, 2.45) is 5.92 Å². The molecule has 21 heavy (non-hydrogen) atoms. The summed E-state index contributed by atoms with van der Waals surface area (Å²) in [5.74, 6) is 2.16. The highest BCUT2D eigenvalue weighted by molar-refractivity contribution is 6.33. The largest absolute Gasteiger partial charge is 0.493 e. The van der Waals surface area contributed by atoms with E-state index < -0.39 is 0 Å². The number of ether oxygens (including phenoxy) is 2. The molecular formula is C17H26ClNO2. The van der Waals surface area contributed by atoms with Crippen molar-refractivity contribution in [1.29, 1.82) is 0 Å². The zero-order valence-corrected chi connectivity index (χ0v) is 14.0. The third-order valence-corrected chi connectivity index (χ3v) is 4.82. The molecular weight excluding hydrogens is 286 g/mol. The van der Waals surface area contributed by atoms with Gasteiger partial charge in [-0.05, 0) is 36.8 Å². The molecule has 0 radical (unpaired) electrons. The monoisotopic (exact) mass is 311 g/mol. The van der Waals surface area contributed by atoms with Gasteiger partial charge in [-0.25, -0.2) is 0 Å². The van der Waals surface area contributed by atoms with Crippen molar-refractivity contribution < 1.29 is 9.47 Å². The molecule has 0 spiro atoms. The second-order valence-electron chi connectivity index (χ2n) is 5.97. The quantitative estimate of drug-likeness (QED) is 0.817. The minimum Gasteiger partial charge on any atom is -0.493 e. The number of hydrogen-bond donors (Lipinski definition) is 1. The van der Waals surface area contributed by atoms with Gasteiger partial charge in [-0.2, -0.15) is 0 Å². The predicted octanol–water partition coefficient (Wildman–Crippen LogP) is 4.42. The smallest absolute Gasteiger partial charge is 0.179 e. The van der Waals surface area contributed by atoms with Crippen molar-refractivity contribution in [3.63, 3.8) is 0 Å². The summed E-state index contributed by atoms with van der Waals surface area (Å²) in [6.07, 6.45) is 6.51. The van der Waals surface area contributed by atoms with Crippen LogP contribution in [0.2, 0.25) is 5.02 Å². The zero-order valence-electron chi connectivity index (χ0n) is 13.2. The molecule has 2 atom stereocenters. The van der Waals surface area contributed by atoms with E-state index in [2.05, 4.69) is 12.2 Å². The van der Waals surface area contributed by atoms with Crippen molar-refractivity contribution in [3.05, 3.63) is 22.7 Å². The molecule has 1 N–H and O–H groups in total. The normalized spacial score (nSPS) is 22.7. The molecule has 1 saturated carbocycles. The Balaban J connectivity index is 1.99. The van der Waals surface area contributed by atoms with Crippen molar-refractivity contribution in [2.45, 2.75) is 51.6 Å². The number of benzene rings is 1.